The van der Waals surface area contributed by atoms with Gasteiger partial charge < -0.3 is 25.2 Å². The molecule has 60 valence electrons. The Labute approximate surface area is 57.5 Å². The van der Waals surface area contributed by atoms with Crippen LogP contribution >= 0.6 is 0 Å². The van der Waals surface area contributed by atoms with Crippen LogP contribution < -0.4 is 0 Å². The zero-order chi connectivity index (χ0) is 8.15. The zero-order valence-electron chi connectivity index (χ0n) is 5.21. The molecule has 3 atom stereocenters. The molecule has 0 unspecified atom stereocenters. The van der Waals surface area contributed by atoms with Gasteiger partial charge in [-0.1, -0.05) is 0 Å². The maximum atomic E-state index is 9.76. The molecule has 0 aromatic rings. The Hall–Kier alpha value is -0.490. The van der Waals surface area contributed by atoms with Crippen LogP contribution in [0.3, 0.4) is 0 Å². The van der Waals surface area contributed by atoms with Gasteiger partial charge in [-0.3, -0.25) is 0 Å². The Bertz CT molecular complexity index is 104. The normalized spacial score (nSPS) is 19.6. The molecule has 0 aromatic carbocycles. The van der Waals surface area contributed by atoms with Gasteiger partial charge in [-0.25, -0.2) is 0 Å². The van der Waals surface area contributed by atoms with Gasteiger partial charge in [0.25, 0.3) is 0 Å². The first-order valence-corrected chi connectivity index (χ1v) is 2.73. The van der Waals surface area contributed by atoms with E-state index in [0.717, 1.165) is 0 Å². The number of carbonyl (C=O) groups excluding carboxylic acids is 1. The molecule has 0 radical (unpaired) electrons. The lowest BCUT2D eigenvalue weighted by atomic mass is 10.3. The van der Waals surface area contributed by atoms with Crippen LogP contribution in [0.25, 0.3) is 0 Å². The molecule has 0 fully saturated rings. The molecule has 0 saturated heterocycles. The monoisotopic (exact) mass is 151 g/mol. The molecular weight excluding hydrogens is 141 g/mol. The van der Waals surface area contributed by atoms with Crippen LogP contribution in [0.15, 0.2) is 0 Å². The molecule has 0 bridgehead atoms. The fourth-order valence-electron chi connectivity index (χ4n) is 0.416. The summed E-state index contributed by atoms with van der Waals surface area (Å²) in [5.74, 6) is 0. The molecule has 0 saturated carbocycles. The Morgan fingerprint density at radius 1 is 1.30 bits per heavy atom. The molecule has 0 amide bonds. The Balaban J connectivity index is 3.80. The lowest BCUT2D eigenvalue weighted by molar-refractivity contribution is -0.127. The quantitative estimate of drug-likeness (QED) is 0.258. The number of rotatable bonds is 4. The van der Waals surface area contributed by atoms with E-state index in [1.54, 1.807) is 0 Å². The van der Waals surface area contributed by atoms with E-state index in [4.69, 9.17) is 20.4 Å². The van der Waals surface area contributed by atoms with E-state index in [0.29, 0.717) is 0 Å². The molecule has 0 aliphatic heterocycles. The third-order valence-electron chi connectivity index (χ3n) is 1.07. The fraction of sp³-hybridized carbons (Fsp3) is 0.800. The molecule has 0 rings (SSSR count). The Morgan fingerprint density at radius 2 is 1.80 bits per heavy atom. The van der Waals surface area contributed by atoms with Crippen molar-refractivity contribution in [1.29, 1.82) is 0 Å². The average Bonchev–Trinajstić information content (AvgIpc) is 2.00. The Morgan fingerprint density at radius 3 is 2.10 bits per heavy atom. The lowest BCUT2D eigenvalue weighted by Crippen LogP contribution is -2.40. The van der Waals surface area contributed by atoms with Crippen LogP contribution in [-0.2, 0) is 4.79 Å². The highest BCUT2D eigenvalue weighted by molar-refractivity contribution is 5.56. The highest BCUT2D eigenvalue weighted by Crippen LogP contribution is 1.96. The van der Waals surface area contributed by atoms with Crippen molar-refractivity contribution in [2.24, 2.45) is 0 Å². The van der Waals surface area contributed by atoms with E-state index < -0.39 is 24.9 Å². The highest BCUT2D eigenvalue weighted by Gasteiger charge is 2.22. The molecule has 0 spiro atoms. The smallest absolute Gasteiger partial charge is 0.151 e. The van der Waals surface area contributed by atoms with E-state index in [1.807, 2.05) is 0 Å². The van der Waals surface area contributed by atoms with Gasteiger partial charge in [0, 0.05) is 0 Å². The predicted molar refractivity (Wildman–Crippen MR) is 31.2 cm³/mol. The van der Waals surface area contributed by atoms with Gasteiger partial charge >= 0.3 is 0 Å². The van der Waals surface area contributed by atoms with Gasteiger partial charge in [0.15, 0.2) is 6.29 Å². The summed E-state index contributed by atoms with van der Waals surface area (Å²) >= 11 is 0. The Kier molecular flexibility index (Phi) is 4.13. The second-order valence-electron chi connectivity index (χ2n) is 1.87. The van der Waals surface area contributed by atoms with Crippen molar-refractivity contribution in [3.8, 4) is 0 Å². The largest absolute Gasteiger partial charge is 0.394 e. The fourth-order valence-corrected chi connectivity index (χ4v) is 0.416. The maximum absolute atomic E-state index is 9.76. The van der Waals surface area contributed by atoms with Gasteiger partial charge in [-0.05, 0) is 0 Å². The van der Waals surface area contributed by atoms with Crippen molar-refractivity contribution < 1.29 is 25.2 Å². The van der Waals surface area contributed by atoms with Crippen molar-refractivity contribution in [3.63, 3.8) is 0 Å². The van der Waals surface area contributed by atoms with E-state index in [-0.39, 0.29) is 6.29 Å². The third-order valence-corrected chi connectivity index (χ3v) is 1.07. The van der Waals surface area contributed by atoms with Crippen molar-refractivity contribution in [1.82, 2.24) is 0 Å². The number of hydrogen-bond acceptors (Lipinski definition) is 5. The van der Waals surface area contributed by atoms with Crippen LogP contribution in [-0.4, -0.2) is 51.6 Å². The van der Waals surface area contributed by atoms with Gasteiger partial charge in [0.1, 0.15) is 18.3 Å². The van der Waals surface area contributed by atoms with Gasteiger partial charge in [0.2, 0.25) is 0 Å². The molecule has 5 heteroatoms. The number of aldehydes is 1. The first-order valence-electron chi connectivity index (χ1n) is 2.73. The first-order chi connectivity index (χ1) is 4.63. The summed E-state index contributed by atoms with van der Waals surface area (Å²) in [6.07, 6.45) is -4.63. The average molecular weight is 151 g/mol. The van der Waals surface area contributed by atoms with E-state index in [2.05, 4.69) is 0 Å². The molecule has 0 aliphatic rings. The van der Waals surface area contributed by atoms with Crippen molar-refractivity contribution in [2.75, 3.05) is 6.61 Å². The minimum absolute atomic E-state index is 0.0869. The van der Waals surface area contributed by atoms with Crippen LogP contribution in [0.5, 0.6) is 0 Å². The predicted octanol–water partition coefficient (Wildman–Crippen LogP) is -2.74. The minimum Gasteiger partial charge on any atom is -0.394 e. The summed E-state index contributed by atoms with van der Waals surface area (Å²) in [4.78, 5) is 9.76. The summed E-state index contributed by atoms with van der Waals surface area (Å²) in [6, 6.07) is 0. The summed E-state index contributed by atoms with van der Waals surface area (Å²) in [6.45, 7) is -0.688. The van der Waals surface area contributed by atoms with Crippen LogP contribution in [0.4, 0.5) is 0 Å². The zero-order valence-corrected chi connectivity index (χ0v) is 5.21. The SMILES string of the molecule is O=C[C@@H](O)[C@H](O)[13C@H](O)CO. The van der Waals surface area contributed by atoms with E-state index in [9.17, 15) is 4.79 Å². The molecule has 10 heavy (non-hydrogen) atoms. The molecule has 5 nitrogen and oxygen atoms in total. The first kappa shape index (κ1) is 9.51. The van der Waals surface area contributed by atoms with Crippen molar-refractivity contribution in [3.05, 3.63) is 0 Å². The number of aliphatic hydroxyl groups excluding tert-OH is 4. The topological polar surface area (TPSA) is 98.0 Å². The van der Waals surface area contributed by atoms with Crippen LogP contribution in [0.1, 0.15) is 0 Å². The highest BCUT2D eigenvalue weighted by atomic mass is 16.4. The lowest BCUT2D eigenvalue weighted by Gasteiger charge is -2.16. The van der Waals surface area contributed by atoms with Gasteiger partial charge in [-0.2, -0.15) is 0 Å². The molecular formula is C5H10O5. The summed E-state index contributed by atoms with van der Waals surface area (Å²) < 4.78 is 0. The molecule has 0 aromatic heterocycles. The second kappa shape index (κ2) is 4.35. The number of hydrogen-bond donors (Lipinski definition) is 4. The van der Waals surface area contributed by atoms with Crippen LogP contribution in [0.2, 0.25) is 0 Å². The standard InChI is InChI=1S/C5H10O5/c6-1-3(8)5(10)4(9)2-7/h1,3-5,7-10H,2H2/t3-,4-,5+/m1/s1/i4+1. The van der Waals surface area contributed by atoms with Crippen molar-refractivity contribution >= 4 is 6.29 Å². The van der Waals surface area contributed by atoms with Crippen molar-refractivity contribution in [2.45, 2.75) is 18.3 Å². The second-order valence-corrected chi connectivity index (χ2v) is 1.87. The molecule has 0 heterocycles. The van der Waals surface area contributed by atoms with Gasteiger partial charge in [-0.15, -0.1) is 0 Å². The third kappa shape index (κ3) is 2.40. The number of carbonyl (C=O) groups is 1. The van der Waals surface area contributed by atoms with Crippen LogP contribution in [0, 0.1) is 0 Å². The minimum atomic E-state index is -1.64. The molecule has 4 N–H and O–H groups in total. The summed E-state index contributed by atoms with van der Waals surface area (Å²) in [7, 11) is 0. The van der Waals surface area contributed by atoms with Gasteiger partial charge in [0.05, 0.1) is 6.61 Å². The summed E-state index contributed by atoms with van der Waals surface area (Å²) in [5.41, 5.74) is 0. The van der Waals surface area contributed by atoms with E-state index >= 15 is 0 Å². The van der Waals surface area contributed by atoms with E-state index in [1.165, 1.54) is 0 Å². The maximum Gasteiger partial charge on any atom is 0.151 e. The molecule has 0 aliphatic carbocycles. The number of aliphatic hydroxyl groups is 4. The summed E-state index contributed by atoms with van der Waals surface area (Å²) in [5, 5.41) is 34.1.